The van der Waals surface area contributed by atoms with Gasteiger partial charge < -0.3 is 34.8 Å². The SMILES string of the molecule is C.CCn1cc(C(=O)NC23CC(CC(=O)OC)(C2)C3)c2c(Cc3ccc(C(F)(F)F)cc3)cccc21.CCn1cc(C(=O)O)c2c(Cc3ccc(C(F)(F)F)cc3)cccc21.COC(=O)CC12CC(N)(C1)C2. The molecule has 17 heteroatoms. The Morgan fingerprint density at radius 2 is 1.01 bits per heavy atom. The van der Waals surface area contributed by atoms with Crippen molar-refractivity contribution in [3.63, 3.8) is 0 Å². The number of amides is 1. The molecule has 4 aromatic carbocycles. The number of halogens is 6. The number of benzene rings is 4. The van der Waals surface area contributed by atoms with E-state index in [1.165, 1.54) is 38.5 Å². The van der Waals surface area contributed by atoms with Crippen molar-refractivity contribution >= 4 is 45.6 Å². The minimum Gasteiger partial charge on any atom is -0.478 e. The van der Waals surface area contributed by atoms with Gasteiger partial charge in [-0.25, -0.2) is 4.79 Å². The van der Waals surface area contributed by atoms with Gasteiger partial charge >= 0.3 is 30.3 Å². The quantitative estimate of drug-likeness (QED) is 0.0763. The largest absolute Gasteiger partial charge is 0.478 e. The van der Waals surface area contributed by atoms with Gasteiger partial charge in [0.05, 0.1) is 49.3 Å². The molecule has 11 nitrogen and oxygen atoms in total. The number of carboxylic acid groups (broad SMARTS) is 1. The standard InChI is InChI=1S/C27H27F3N2O3.C19H16F3NO2.C8H13NO2.CH4/c1-3-32-13-20(24(34)31-26-14-25(15-26,16-26)12-22(33)35-2)23-18(5-4-6-21(23)32)11-17-7-9-19(10-8-17)27(28,29)30;1-2-23-11-15(18(24)25)17-13(4-3-5-16(17)23)10-12-6-8-14(9-7-12)19(20,21)22;1-11-6(10)2-7-3-8(9,4-7)5-7;/h4-10,13H,3,11-12,14-16H2,1-2H3,(H,31,34);3-9,11H,2,10H2,1H3,(H,24,25);2-5,9H2,1H3;1H4. The molecule has 6 saturated carbocycles. The van der Waals surface area contributed by atoms with Crippen LogP contribution in [0, 0.1) is 10.8 Å². The first-order valence-electron chi connectivity index (χ1n) is 23.5. The van der Waals surface area contributed by atoms with Crippen molar-refractivity contribution in [1.82, 2.24) is 14.5 Å². The van der Waals surface area contributed by atoms with E-state index in [1.54, 1.807) is 6.20 Å². The molecule has 0 unspecified atom stereocenters. The number of ether oxygens (including phenoxy) is 2. The van der Waals surface area contributed by atoms with E-state index >= 15 is 0 Å². The van der Waals surface area contributed by atoms with Crippen molar-refractivity contribution in [2.45, 2.75) is 122 Å². The summed E-state index contributed by atoms with van der Waals surface area (Å²) in [5, 5.41) is 14.1. The zero-order valence-corrected chi connectivity index (χ0v) is 39.9. The van der Waals surface area contributed by atoms with Crippen LogP contribution in [-0.2, 0) is 57.3 Å². The third-order valence-electron chi connectivity index (χ3n) is 14.7. The van der Waals surface area contributed by atoms with Gasteiger partial charge in [0.25, 0.3) is 5.91 Å². The lowest BCUT2D eigenvalue weighted by molar-refractivity contribution is -0.175. The highest BCUT2D eigenvalue weighted by atomic mass is 19.4. The third kappa shape index (κ3) is 10.6. The van der Waals surface area contributed by atoms with Crippen LogP contribution < -0.4 is 11.1 Å². The number of alkyl halides is 6. The molecule has 384 valence electrons. The second-order valence-electron chi connectivity index (χ2n) is 20.0. The van der Waals surface area contributed by atoms with Crippen LogP contribution in [0.25, 0.3) is 21.8 Å². The lowest BCUT2D eigenvalue weighted by Gasteiger charge is -2.70. The minimum atomic E-state index is -4.38. The fourth-order valence-corrected chi connectivity index (χ4v) is 11.7. The monoisotopic (exact) mass is 1000 g/mol. The number of rotatable bonds is 13. The lowest BCUT2D eigenvalue weighted by atomic mass is 9.38. The Kier molecular flexibility index (Phi) is 14.6. The number of carbonyl (C=O) groups excluding carboxylic acids is 3. The molecule has 6 fully saturated rings. The van der Waals surface area contributed by atoms with Gasteiger partial charge in [-0.3, -0.25) is 14.4 Å². The summed E-state index contributed by atoms with van der Waals surface area (Å²) >= 11 is 0. The Bertz CT molecular complexity index is 2970. The van der Waals surface area contributed by atoms with Gasteiger partial charge in [-0.2, -0.15) is 26.3 Å². The summed E-state index contributed by atoms with van der Waals surface area (Å²) in [5.41, 5.74) is 10.1. The average Bonchev–Trinajstić information content (AvgIpc) is 3.87. The summed E-state index contributed by atoms with van der Waals surface area (Å²) in [6, 6.07) is 21.4. The van der Waals surface area contributed by atoms with Crippen LogP contribution in [0.15, 0.2) is 97.3 Å². The number of hydrogen-bond donors (Lipinski definition) is 3. The molecule has 0 atom stereocenters. The van der Waals surface area contributed by atoms with E-state index in [9.17, 15) is 50.6 Å². The van der Waals surface area contributed by atoms with Gasteiger partial charge in [0, 0.05) is 58.4 Å². The number of esters is 2. The zero-order valence-electron chi connectivity index (χ0n) is 39.9. The Morgan fingerprint density at radius 3 is 1.38 bits per heavy atom. The number of aryl methyl sites for hydroxylation is 2. The fourth-order valence-electron chi connectivity index (χ4n) is 11.7. The van der Waals surface area contributed by atoms with E-state index in [4.69, 9.17) is 10.5 Å². The molecule has 0 spiro atoms. The first-order valence-corrected chi connectivity index (χ1v) is 23.5. The summed E-state index contributed by atoms with van der Waals surface area (Å²) in [4.78, 5) is 47.5. The van der Waals surface area contributed by atoms with Gasteiger partial charge in [0.1, 0.15) is 0 Å². The molecule has 1 amide bonds. The van der Waals surface area contributed by atoms with Crippen LogP contribution in [-0.4, -0.2) is 63.4 Å². The molecule has 2 heterocycles. The molecule has 6 aromatic rings. The molecule has 0 aliphatic heterocycles. The van der Waals surface area contributed by atoms with Crippen molar-refractivity contribution in [2.24, 2.45) is 16.6 Å². The number of aromatic carboxylic acids is 1. The molecule has 6 aliphatic carbocycles. The molecule has 0 saturated heterocycles. The maximum atomic E-state index is 13.4. The van der Waals surface area contributed by atoms with Crippen LogP contribution in [0.2, 0.25) is 0 Å². The number of aromatic nitrogens is 2. The Morgan fingerprint density at radius 1 is 0.625 bits per heavy atom. The average molecular weight is 1000 g/mol. The number of methoxy groups -OCH3 is 2. The number of carbonyl (C=O) groups is 4. The van der Waals surface area contributed by atoms with E-state index < -0.39 is 29.4 Å². The number of nitrogens with two attached hydrogens (primary N) is 1. The lowest BCUT2D eigenvalue weighted by Crippen LogP contribution is -2.75. The number of hydrogen-bond acceptors (Lipinski definition) is 7. The van der Waals surface area contributed by atoms with Crippen LogP contribution in [0.1, 0.15) is 127 Å². The highest BCUT2D eigenvalue weighted by molar-refractivity contribution is 6.09. The summed E-state index contributed by atoms with van der Waals surface area (Å²) in [6.45, 7) is 5.24. The van der Waals surface area contributed by atoms with Crippen LogP contribution >= 0.6 is 0 Å². The number of nitrogens with zero attached hydrogens (tertiary/aromatic N) is 2. The fraction of sp³-hybridized carbons (Fsp3) is 0.418. The maximum absolute atomic E-state index is 13.4. The number of carboxylic acids is 1. The molecular weight excluding hydrogens is 943 g/mol. The van der Waals surface area contributed by atoms with E-state index in [0.717, 1.165) is 95.9 Å². The summed E-state index contributed by atoms with van der Waals surface area (Å²) in [7, 11) is 2.82. The Labute approximate surface area is 413 Å². The Balaban J connectivity index is 0.000000178. The van der Waals surface area contributed by atoms with E-state index in [1.807, 2.05) is 65.6 Å². The summed E-state index contributed by atoms with van der Waals surface area (Å²) < 4.78 is 90.1. The van der Waals surface area contributed by atoms with Crippen molar-refractivity contribution in [2.75, 3.05) is 14.2 Å². The van der Waals surface area contributed by atoms with Gasteiger partial charge in [0.15, 0.2) is 0 Å². The molecule has 2 aromatic heterocycles. The second-order valence-corrected chi connectivity index (χ2v) is 20.0. The predicted molar refractivity (Wildman–Crippen MR) is 260 cm³/mol. The van der Waals surface area contributed by atoms with Gasteiger partial charge in [-0.15, -0.1) is 0 Å². The molecule has 6 aliphatic rings. The molecular formula is C55H60F6N4O7. The van der Waals surface area contributed by atoms with E-state index in [-0.39, 0.29) is 52.7 Å². The molecule has 12 rings (SSSR count). The van der Waals surface area contributed by atoms with Gasteiger partial charge in [-0.05, 0) is 135 Å². The number of fused-ring (bicyclic) bond motifs is 2. The zero-order chi connectivity index (χ0) is 51.3. The first-order chi connectivity index (χ1) is 33.5. The molecule has 4 bridgehead atoms. The normalized spacial score (nSPS) is 22.2. The molecule has 4 N–H and O–H groups in total. The highest BCUT2D eigenvalue weighted by Gasteiger charge is 2.69. The van der Waals surface area contributed by atoms with Gasteiger partial charge in [-0.1, -0.05) is 56.0 Å². The minimum absolute atomic E-state index is 0. The Hall–Kier alpha value is -6.62. The third-order valence-corrected chi connectivity index (χ3v) is 14.7. The highest BCUT2D eigenvalue weighted by Crippen LogP contribution is 2.69. The van der Waals surface area contributed by atoms with Crippen LogP contribution in [0.4, 0.5) is 26.3 Å². The molecule has 72 heavy (non-hydrogen) atoms. The smallest absolute Gasteiger partial charge is 0.416 e. The van der Waals surface area contributed by atoms with Crippen molar-refractivity contribution in [3.8, 4) is 0 Å². The van der Waals surface area contributed by atoms with E-state index in [0.29, 0.717) is 55.3 Å². The maximum Gasteiger partial charge on any atom is 0.416 e. The van der Waals surface area contributed by atoms with Gasteiger partial charge in [0.2, 0.25) is 0 Å². The summed E-state index contributed by atoms with van der Waals surface area (Å²) in [6.07, 6.45) is 1.82. The first kappa shape index (κ1) is 53.2. The van der Waals surface area contributed by atoms with Crippen molar-refractivity contribution < 1.29 is 60.1 Å². The summed E-state index contributed by atoms with van der Waals surface area (Å²) in [5.74, 6) is -1.49. The van der Waals surface area contributed by atoms with Crippen molar-refractivity contribution in [3.05, 3.63) is 142 Å². The van der Waals surface area contributed by atoms with E-state index in [2.05, 4.69) is 10.1 Å². The topological polar surface area (TPSA) is 155 Å². The van der Waals surface area contributed by atoms with Crippen LogP contribution in [0.5, 0.6) is 0 Å². The van der Waals surface area contributed by atoms with Crippen LogP contribution in [0.3, 0.4) is 0 Å². The molecule has 0 radical (unpaired) electrons. The number of nitrogens with one attached hydrogen (secondary N) is 1. The predicted octanol–water partition coefficient (Wildman–Crippen LogP) is 11.5. The second kappa shape index (κ2) is 19.8. The van der Waals surface area contributed by atoms with Crippen molar-refractivity contribution in [1.29, 1.82) is 0 Å².